The van der Waals surface area contributed by atoms with E-state index in [-0.39, 0.29) is 5.91 Å². The summed E-state index contributed by atoms with van der Waals surface area (Å²) in [5, 5.41) is 2.98. The molecule has 0 radical (unpaired) electrons. The molecule has 0 saturated carbocycles. The van der Waals surface area contributed by atoms with Gasteiger partial charge in [-0.3, -0.25) is 9.69 Å². The molecular formula is C22H28N2O. The Balaban J connectivity index is 1.58. The van der Waals surface area contributed by atoms with Crippen LogP contribution < -0.4 is 5.32 Å². The molecule has 0 spiro atoms. The molecule has 0 aromatic heterocycles. The minimum atomic E-state index is -0.0539. The molecule has 1 aliphatic heterocycles. The number of carbonyl (C=O) groups is 1. The minimum Gasteiger partial charge on any atom is -0.322 e. The Labute approximate surface area is 151 Å². The maximum Gasteiger partial charge on any atom is 0.255 e. The van der Waals surface area contributed by atoms with Crippen LogP contribution in [0.1, 0.15) is 60.5 Å². The number of amides is 1. The fraction of sp³-hybridized carbons (Fsp3) is 0.409. The molecular weight excluding hydrogens is 308 g/mol. The van der Waals surface area contributed by atoms with Crippen LogP contribution in [0.25, 0.3) is 0 Å². The molecule has 3 rings (SSSR count). The van der Waals surface area contributed by atoms with Crippen molar-refractivity contribution in [3.05, 3.63) is 65.2 Å². The molecule has 3 heteroatoms. The highest BCUT2D eigenvalue weighted by Crippen LogP contribution is 2.18. The van der Waals surface area contributed by atoms with Gasteiger partial charge in [0, 0.05) is 17.8 Å². The summed E-state index contributed by atoms with van der Waals surface area (Å²) in [5.41, 5.74) is 4.10. The van der Waals surface area contributed by atoms with E-state index in [0.717, 1.165) is 12.2 Å². The van der Waals surface area contributed by atoms with Crippen LogP contribution in [0.4, 0.5) is 5.69 Å². The van der Waals surface area contributed by atoms with Crippen molar-refractivity contribution in [3.8, 4) is 0 Å². The van der Waals surface area contributed by atoms with Gasteiger partial charge in [-0.25, -0.2) is 0 Å². The SMILES string of the molecule is CC(C)c1ccc(NC(=O)c2ccc(CN3CCCCC3)cc2)cc1. The number of nitrogens with one attached hydrogen (secondary N) is 1. The van der Waals surface area contributed by atoms with Gasteiger partial charge in [-0.15, -0.1) is 0 Å². The smallest absolute Gasteiger partial charge is 0.255 e. The van der Waals surface area contributed by atoms with Crippen molar-refractivity contribution < 1.29 is 4.79 Å². The number of rotatable bonds is 5. The molecule has 1 saturated heterocycles. The predicted molar refractivity (Wildman–Crippen MR) is 104 cm³/mol. The molecule has 0 bridgehead atoms. The first-order valence-corrected chi connectivity index (χ1v) is 9.34. The van der Waals surface area contributed by atoms with Gasteiger partial charge in [0.05, 0.1) is 0 Å². The van der Waals surface area contributed by atoms with E-state index in [0.29, 0.717) is 11.5 Å². The van der Waals surface area contributed by atoms with Gasteiger partial charge in [0.2, 0.25) is 0 Å². The summed E-state index contributed by atoms with van der Waals surface area (Å²) >= 11 is 0. The summed E-state index contributed by atoms with van der Waals surface area (Å²) in [6.45, 7) is 7.69. The lowest BCUT2D eigenvalue weighted by atomic mass is 10.0. The van der Waals surface area contributed by atoms with E-state index >= 15 is 0 Å². The monoisotopic (exact) mass is 336 g/mol. The zero-order chi connectivity index (χ0) is 17.6. The molecule has 132 valence electrons. The Bertz CT molecular complexity index is 683. The Morgan fingerprint density at radius 1 is 0.960 bits per heavy atom. The number of anilines is 1. The first kappa shape index (κ1) is 17.7. The van der Waals surface area contributed by atoms with E-state index in [2.05, 4.69) is 48.3 Å². The van der Waals surface area contributed by atoms with Crippen molar-refractivity contribution in [3.63, 3.8) is 0 Å². The Morgan fingerprint density at radius 3 is 2.20 bits per heavy atom. The Hall–Kier alpha value is -2.13. The van der Waals surface area contributed by atoms with Crippen LogP contribution in [-0.2, 0) is 6.54 Å². The van der Waals surface area contributed by atoms with Crippen LogP contribution >= 0.6 is 0 Å². The number of hydrogen-bond acceptors (Lipinski definition) is 2. The summed E-state index contributed by atoms with van der Waals surface area (Å²) in [4.78, 5) is 14.9. The molecule has 0 aliphatic carbocycles. The molecule has 0 atom stereocenters. The van der Waals surface area contributed by atoms with Crippen LogP contribution in [-0.4, -0.2) is 23.9 Å². The van der Waals surface area contributed by atoms with E-state index in [1.54, 1.807) is 0 Å². The number of likely N-dealkylation sites (tertiary alicyclic amines) is 1. The second-order valence-electron chi connectivity index (χ2n) is 7.26. The Morgan fingerprint density at radius 2 is 1.60 bits per heavy atom. The van der Waals surface area contributed by atoms with Gasteiger partial charge >= 0.3 is 0 Å². The maximum atomic E-state index is 12.4. The van der Waals surface area contributed by atoms with E-state index in [1.165, 1.54) is 43.5 Å². The lowest BCUT2D eigenvalue weighted by molar-refractivity contribution is 0.102. The van der Waals surface area contributed by atoms with Gasteiger partial charge in [-0.1, -0.05) is 44.5 Å². The molecule has 0 unspecified atom stereocenters. The summed E-state index contributed by atoms with van der Waals surface area (Å²) in [5.74, 6) is 0.444. The average Bonchev–Trinajstić information content (AvgIpc) is 2.63. The van der Waals surface area contributed by atoms with Gasteiger partial charge in [-0.05, 0) is 67.2 Å². The zero-order valence-electron chi connectivity index (χ0n) is 15.3. The first-order chi connectivity index (χ1) is 12.1. The number of nitrogens with zero attached hydrogens (tertiary/aromatic N) is 1. The molecule has 1 aliphatic rings. The number of carbonyl (C=O) groups excluding carboxylic acids is 1. The molecule has 3 nitrogen and oxygen atoms in total. The largest absolute Gasteiger partial charge is 0.322 e. The summed E-state index contributed by atoms with van der Waals surface area (Å²) in [6, 6.07) is 16.1. The summed E-state index contributed by atoms with van der Waals surface area (Å²) in [6.07, 6.45) is 3.96. The molecule has 2 aromatic rings. The summed E-state index contributed by atoms with van der Waals surface area (Å²) < 4.78 is 0. The average molecular weight is 336 g/mol. The van der Waals surface area contributed by atoms with Crippen LogP contribution in [0.15, 0.2) is 48.5 Å². The van der Waals surface area contributed by atoms with Crippen molar-refractivity contribution in [2.24, 2.45) is 0 Å². The van der Waals surface area contributed by atoms with Crippen LogP contribution in [0, 0.1) is 0 Å². The van der Waals surface area contributed by atoms with Crippen LogP contribution in [0.3, 0.4) is 0 Å². The van der Waals surface area contributed by atoms with Gasteiger partial charge in [0.1, 0.15) is 0 Å². The normalized spacial score (nSPS) is 15.3. The van der Waals surface area contributed by atoms with Crippen molar-refractivity contribution in [2.45, 2.75) is 45.6 Å². The number of piperidine rings is 1. The standard InChI is InChI=1S/C22H28N2O/c1-17(2)19-10-12-21(13-11-19)23-22(25)20-8-6-18(7-9-20)16-24-14-4-3-5-15-24/h6-13,17H,3-5,14-16H2,1-2H3,(H,23,25). The van der Waals surface area contributed by atoms with Gasteiger partial charge < -0.3 is 5.32 Å². The van der Waals surface area contributed by atoms with Crippen LogP contribution in [0.2, 0.25) is 0 Å². The van der Waals surface area contributed by atoms with E-state index in [1.807, 2.05) is 24.3 Å². The fourth-order valence-electron chi connectivity index (χ4n) is 3.29. The zero-order valence-corrected chi connectivity index (χ0v) is 15.3. The third-order valence-electron chi connectivity index (χ3n) is 4.91. The quantitative estimate of drug-likeness (QED) is 0.829. The Kier molecular flexibility index (Phi) is 5.87. The van der Waals surface area contributed by atoms with Crippen LogP contribution in [0.5, 0.6) is 0 Å². The third-order valence-corrected chi connectivity index (χ3v) is 4.91. The minimum absolute atomic E-state index is 0.0539. The molecule has 1 heterocycles. The van der Waals surface area contributed by atoms with Gasteiger partial charge in [0.15, 0.2) is 0 Å². The first-order valence-electron chi connectivity index (χ1n) is 9.34. The lowest BCUT2D eigenvalue weighted by Crippen LogP contribution is -2.29. The van der Waals surface area contributed by atoms with Gasteiger partial charge in [-0.2, -0.15) is 0 Å². The lowest BCUT2D eigenvalue weighted by Gasteiger charge is -2.26. The van der Waals surface area contributed by atoms with Gasteiger partial charge in [0.25, 0.3) is 5.91 Å². The highest BCUT2D eigenvalue weighted by molar-refractivity contribution is 6.04. The maximum absolute atomic E-state index is 12.4. The third kappa shape index (κ3) is 4.93. The highest BCUT2D eigenvalue weighted by atomic mass is 16.1. The van der Waals surface area contributed by atoms with E-state index < -0.39 is 0 Å². The molecule has 1 amide bonds. The summed E-state index contributed by atoms with van der Waals surface area (Å²) in [7, 11) is 0. The topological polar surface area (TPSA) is 32.3 Å². The second kappa shape index (κ2) is 8.30. The van der Waals surface area contributed by atoms with Crippen molar-refractivity contribution in [2.75, 3.05) is 18.4 Å². The predicted octanol–water partition coefficient (Wildman–Crippen LogP) is 5.05. The van der Waals surface area contributed by atoms with Crippen molar-refractivity contribution >= 4 is 11.6 Å². The molecule has 1 fully saturated rings. The number of hydrogen-bond donors (Lipinski definition) is 1. The van der Waals surface area contributed by atoms with Crippen molar-refractivity contribution in [1.29, 1.82) is 0 Å². The van der Waals surface area contributed by atoms with E-state index in [9.17, 15) is 4.79 Å². The molecule has 25 heavy (non-hydrogen) atoms. The number of benzene rings is 2. The molecule has 1 N–H and O–H groups in total. The fourth-order valence-corrected chi connectivity index (χ4v) is 3.29. The van der Waals surface area contributed by atoms with Crippen molar-refractivity contribution in [1.82, 2.24) is 4.90 Å². The molecule has 2 aromatic carbocycles. The van der Waals surface area contributed by atoms with E-state index in [4.69, 9.17) is 0 Å². The highest BCUT2D eigenvalue weighted by Gasteiger charge is 2.11. The second-order valence-corrected chi connectivity index (χ2v) is 7.26.